The van der Waals surface area contributed by atoms with Crippen LogP contribution in [0.15, 0.2) is 59.1 Å². The van der Waals surface area contributed by atoms with E-state index in [9.17, 15) is 14.4 Å². The van der Waals surface area contributed by atoms with Crippen LogP contribution in [-0.2, 0) is 9.59 Å². The average molecular weight is 529 g/mol. The molecule has 6 nitrogen and oxygen atoms in total. The minimum Gasteiger partial charge on any atom is -0.370 e. The molecule has 0 fully saturated rings. The molecule has 0 aliphatic rings. The number of carbonyl (C=O) groups is 3. The number of benzene rings is 3. The summed E-state index contributed by atoms with van der Waals surface area (Å²) in [5, 5.41) is 6.31. The molecule has 0 bridgehead atoms. The number of hydrogen-bond donors (Lipinski definition) is 3. The maximum absolute atomic E-state index is 13.0. The second-order valence-electron chi connectivity index (χ2n) is 7.67. The van der Waals surface area contributed by atoms with Crippen molar-refractivity contribution in [3.63, 3.8) is 0 Å². The Morgan fingerprint density at radius 1 is 0.909 bits per heavy atom. The second kappa shape index (κ2) is 10.6. The lowest BCUT2D eigenvalue weighted by atomic mass is 9.97. The molecule has 3 aromatic carbocycles. The molecule has 170 valence electrons. The van der Waals surface area contributed by atoms with Gasteiger partial charge in [-0.1, -0.05) is 45.2 Å². The van der Waals surface area contributed by atoms with E-state index in [1.807, 2.05) is 38.1 Å². The number of primary amides is 1. The highest BCUT2D eigenvalue weighted by molar-refractivity contribution is 9.10. The molecule has 2 amide bonds. The van der Waals surface area contributed by atoms with Crippen molar-refractivity contribution in [2.75, 3.05) is 10.6 Å². The summed E-state index contributed by atoms with van der Waals surface area (Å²) >= 11 is 9.86. The molecule has 0 atom stereocenters. The summed E-state index contributed by atoms with van der Waals surface area (Å²) in [5.74, 6) is -1.01. The third kappa shape index (κ3) is 6.43. The number of aryl methyl sites for hydroxylation is 2. The predicted octanol–water partition coefficient (Wildman–Crippen LogP) is 5.90. The molecule has 0 aliphatic carbocycles. The van der Waals surface area contributed by atoms with Crippen LogP contribution in [0.1, 0.15) is 39.9 Å². The van der Waals surface area contributed by atoms with E-state index < -0.39 is 5.91 Å². The molecule has 3 rings (SSSR count). The van der Waals surface area contributed by atoms with Gasteiger partial charge < -0.3 is 16.4 Å². The molecular formula is C25H23BrClN3O3. The number of rotatable bonds is 8. The molecule has 3 aromatic rings. The number of anilines is 3. The summed E-state index contributed by atoms with van der Waals surface area (Å²) in [6.07, 6.45) is -0.0452. The predicted molar refractivity (Wildman–Crippen MR) is 135 cm³/mol. The van der Waals surface area contributed by atoms with Gasteiger partial charge >= 0.3 is 0 Å². The minimum absolute atomic E-state index is 0.0116. The van der Waals surface area contributed by atoms with E-state index >= 15 is 0 Å². The summed E-state index contributed by atoms with van der Waals surface area (Å²) in [6, 6.07) is 16.2. The molecule has 0 radical (unpaired) electrons. The van der Waals surface area contributed by atoms with Gasteiger partial charge in [-0.25, -0.2) is 0 Å². The van der Waals surface area contributed by atoms with E-state index in [0.29, 0.717) is 33.2 Å². The zero-order valence-electron chi connectivity index (χ0n) is 18.2. The van der Waals surface area contributed by atoms with Gasteiger partial charge in [-0.05, 0) is 61.9 Å². The number of amides is 2. The Morgan fingerprint density at radius 3 is 2.36 bits per heavy atom. The molecule has 0 aliphatic heterocycles. The molecule has 0 saturated carbocycles. The fourth-order valence-corrected chi connectivity index (χ4v) is 3.86. The summed E-state index contributed by atoms with van der Waals surface area (Å²) in [5.41, 5.74) is 9.81. The summed E-state index contributed by atoms with van der Waals surface area (Å²) in [7, 11) is 0. The van der Waals surface area contributed by atoms with Crippen LogP contribution in [-0.4, -0.2) is 17.6 Å². The minimum atomic E-state index is -0.539. The van der Waals surface area contributed by atoms with Gasteiger partial charge in [0.2, 0.25) is 11.8 Å². The quantitative estimate of drug-likeness (QED) is 0.317. The van der Waals surface area contributed by atoms with Crippen molar-refractivity contribution in [2.45, 2.75) is 26.7 Å². The first-order valence-corrected chi connectivity index (χ1v) is 11.4. The summed E-state index contributed by atoms with van der Waals surface area (Å²) in [6.45, 7) is 3.83. The highest BCUT2D eigenvalue weighted by Gasteiger charge is 2.16. The average Bonchev–Trinajstić information content (AvgIpc) is 2.75. The lowest BCUT2D eigenvalue weighted by molar-refractivity contribution is -0.122. The molecule has 0 aromatic heterocycles. The van der Waals surface area contributed by atoms with E-state index in [1.54, 1.807) is 30.3 Å². The van der Waals surface area contributed by atoms with Crippen molar-refractivity contribution < 1.29 is 14.4 Å². The first kappa shape index (κ1) is 24.5. The Balaban J connectivity index is 1.83. The third-order valence-electron chi connectivity index (χ3n) is 4.98. The lowest BCUT2D eigenvalue weighted by Gasteiger charge is -2.15. The van der Waals surface area contributed by atoms with E-state index in [2.05, 4.69) is 26.6 Å². The Kier molecular flexibility index (Phi) is 7.89. The van der Waals surface area contributed by atoms with Gasteiger partial charge in [0, 0.05) is 34.1 Å². The number of ketones is 1. The fraction of sp³-hybridized carbons (Fsp3) is 0.160. The topological polar surface area (TPSA) is 101 Å². The number of nitrogens with one attached hydrogen (secondary N) is 2. The zero-order chi connectivity index (χ0) is 24.1. The Bertz CT molecular complexity index is 1240. The van der Waals surface area contributed by atoms with Crippen LogP contribution in [0.3, 0.4) is 0 Å². The highest BCUT2D eigenvalue weighted by Crippen LogP contribution is 2.31. The van der Waals surface area contributed by atoms with Crippen LogP contribution in [0.25, 0.3) is 0 Å². The molecule has 33 heavy (non-hydrogen) atoms. The normalized spacial score (nSPS) is 10.5. The van der Waals surface area contributed by atoms with Crippen LogP contribution in [0.4, 0.5) is 17.1 Å². The molecule has 8 heteroatoms. The van der Waals surface area contributed by atoms with E-state index in [0.717, 1.165) is 15.6 Å². The van der Waals surface area contributed by atoms with Crippen LogP contribution in [0.5, 0.6) is 0 Å². The number of carbonyl (C=O) groups excluding carboxylic acids is 3. The number of hydrogen-bond acceptors (Lipinski definition) is 4. The summed E-state index contributed by atoms with van der Waals surface area (Å²) < 4.78 is 0.769. The van der Waals surface area contributed by atoms with Crippen molar-refractivity contribution >= 4 is 62.2 Å². The van der Waals surface area contributed by atoms with Gasteiger partial charge in [-0.15, -0.1) is 0 Å². The number of nitrogens with two attached hydrogens (primary N) is 1. The van der Waals surface area contributed by atoms with Crippen molar-refractivity contribution in [1.82, 2.24) is 0 Å². The van der Waals surface area contributed by atoms with Gasteiger partial charge in [0.05, 0.1) is 16.4 Å². The zero-order valence-corrected chi connectivity index (χ0v) is 20.5. The maximum Gasteiger partial charge on any atom is 0.224 e. The standard InChI is InChI=1S/C25H23BrClN3O3/c1-14-3-4-15(2)19(11-14)25(33)18-7-6-17(13-20(18)27)29-21-8-5-16(26)12-22(21)30-24(32)10-9-23(28)31/h3-8,11-13,29H,9-10H2,1-2H3,(H2,28,31)(H,30,32). The lowest BCUT2D eigenvalue weighted by Crippen LogP contribution is -2.17. The van der Waals surface area contributed by atoms with Crippen LogP contribution in [0.2, 0.25) is 5.02 Å². The van der Waals surface area contributed by atoms with Gasteiger partial charge in [0.25, 0.3) is 0 Å². The number of halogens is 2. The van der Waals surface area contributed by atoms with Gasteiger partial charge in [-0.2, -0.15) is 0 Å². The van der Waals surface area contributed by atoms with Crippen molar-refractivity contribution in [1.29, 1.82) is 0 Å². The Labute approximate surface area is 205 Å². The molecule has 0 saturated heterocycles. The van der Waals surface area contributed by atoms with Crippen LogP contribution < -0.4 is 16.4 Å². The first-order chi connectivity index (χ1) is 15.6. The first-order valence-electron chi connectivity index (χ1n) is 10.2. The van der Waals surface area contributed by atoms with Crippen molar-refractivity contribution in [2.24, 2.45) is 5.73 Å². The van der Waals surface area contributed by atoms with Gasteiger partial charge in [0.15, 0.2) is 5.78 Å². The van der Waals surface area contributed by atoms with Crippen molar-refractivity contribution in [3.8, 4) is 0 Å². The van der Waals surface area contributed by atoms with E-state index in [1.165, 1.54) is 0 Å². The summed E-state index contributed by atoms with van der Waals surface area (Å²) in [4.78, 5) is 36.2. The van der Waals surface area contributed by atoms with E-state index in [4.69, 9.17) is 17.3 Å². The smallest absolute Gasteiger partial charge is 0.224 e. The SMILES string of the molecule is Cc1ccc(C)c(C(=O)c2ccc(Nc3ccc(Br)cc3NC(=O)CCC(N)=O)cc2Cl)c1. The monoisotopic (exact) mass is 527 g/mol. The Hall–Kier alpha value is -3.16. The molecule has 0 unspecified atom stereocenters. The second-order valence-corrected chi connectivity index (χ2v) is 8.99. The molecule has 0 heterocycles. The third-order valence-corrected chi connectivity index (χ3v) is 5.79. The van der Waals surface area contributed by atoms with Gasteiger partial charge in [-0.3, -0.25) is 14.4 Å². The van der Waals surface area contributed by atoms with Gasteiger partial charge in [0.1, 0.15) is 0 Å². The molecule has 4 N–H and O–H groups in total. The van der Waals surface area contributed by atoms with Crippen LogP contribution >= 0.6 is 27.5 Å². The largest absolute Gasteiger partial charge is 0.370 e. The van der Waals surface area contributed by atoms with Crippen molar-refractivity contribution in [3.05, 3.63) is 86.3 Å². The molecular weight excluding hydrogens is 506 g/mol. The highest BCUT2D eigenvalue weighted by atomic mass is 79.9. The van der Waals surface area contributed by atoms with Crippen LogP contribution in [0, 0.1) is 13.8 Å². The maximum atomic E-state index is 13.0. The van der Waals surface area contributed by atoms with E-state index in [-0.39, 0.29) is 24.5 Å². The molecule has 0 spiro atoms. The fourth-order valence-electron chi connectivity index (χ4n) is 3.24. The Morgan fingerprint density at radius 2 is 1.67 bits per heavy atom.